The van der Waals surface area contributed by atoms with Gasteiger partial charge in [-0.05, 0) is 125 Å². The van der Waals surface area contributed by atoms with Crippen molar-refractivity contribution in [3.05, 3.63) is 191 Å². The number of fused-ring (bicyclic) bond motifs is 1. The average Bonchev–Trinajstić information content (AvgIpc) is 3.71. The minimum atomic E-state index is -2.57. The number of para-hydroxylation sites is 1. The Balaban J connectivity index is 0.00000659. The number of phenolic OH excluding ortho intramolecular Hbond substituents is 1. The third kappa shape index (κ3) is 8.58. The number of rotatable bonds is 9. The van der Waals surface area contributed by atoms with Crippen LogP contribution >= 0.6 is 0 Å². The molecule has 0 radical (unpaired) electrons. The van der Waals surface area contributed by atoms with Gasteiger partial charge in [0.2, 0.25) is 0 Å². The van der Waals surface area contributed by atoms with Crippen molar-refractivity contribution in [1.29, 1.82) is 0 Å². The van der Waals surface area contributed by atoms with Crippen LogP contribution in [-0.4, -0.2) is 19.6 Å². The van der Waals surface area contributed by atoms with E-state index in [1.165, 1.54) is 0 Å². The number of phenols is 1. The van der Waals surface area contributed by atoms with Crippen LogP contribution in [0.2, 0.25) is 0 Å². The second-order valence-corrected chi connectivity index (χ2v) is 16.7. The molecule has 9 rings (SSSR count). The summed E-state index contributed by atoms with van der Waals surface area (Å²) in [6, 6.07) is 49.8. The summed E-state index contributed by atoms with van der Waals surface area (Å²) in [5, 5.41) is 11.8. The van der Waals surface area contributed by atoms with Crippen LogP contribution in [0.25, 0.3) is 83.9 Å². The largest absolute Gasteiger partial charge is 0.507 e. The number of pyridine rings is 1. The van der Waals surface area contributed by atoms with Gasteiger partial charge in [-0.25, -0.2) is 4.98 Å². The molecule has 2 heterocycles. The van der Waals surface area contributed by atoms with Gasteiger partial charge >= 0.3 is 0 Å². The van der Waals surface area contributed by atoms with Crippen molar-refractivity contribution in [3.8, 4) is 78.6 Å². The monoisotopic (exact) mass is 1010 g/mol. The Kier molecular flexibility index (Phi) is 9.93. The van der Waals surface area contributed by atoms with Crippen LogP contribution in [0.4, 0.5) is 0 Å². The molecule has 0 aliphatic carbocycles. The predicted octanol–water partition coefficient (Wildman–Crippen LogP) is 15.4. The fourth-order valence-electron chi connectivity index (χ4n) is 8.29. The molecule has 0 amide bonds. The summed E-state index contributed by atoms with van der Waals surface area (Å²) < 4.78 is 61.2. The van der Waals surface area contributed by atoms with E-state index in [-0.39, 0.29) is 43.9 Å². The molecule has 4 nitrogen and oxygen atoms in total. The number of benzene rings is 7. The van der Waals surface area contributed by atoms with Gasteiger partial charge in [0, 0.05) is 42.6 Å². The molecular formula is C58H52N3OPt-. The van der Waals surface area contributed by atoms with Gasteiger partial charge in [-0.15, -0.1) is 23.8 Å². The van der Waals surface area contributed by atoms with E-state index >= 15 is 0 Å². The SMILES string of the molecule is [2H]C([2H])([2H])c1ccc(-c2ccnc(-c3[c-]c(-c4cccc5c4nc(-c4cc(C)cc(C)c4O)n5-c4ccc(-c5cc(C(C)C)cc(C([2H])(C)C)c5)cc4C([2H])([2H])[2H])cc(-c4ccccc4)c3)c2)cc1.[Pt]. The molecule has 7 aromatic carbocycles. The zero-order valence-corrected chi connectivity index (χ0v) is 38.4. The van der Waals surface area contributed by atoms with E-state index in [4.69, 9.17) is 19.6 Å². The minimum Gasteiger partial charge on any atom is -0.507 e. The first-order valence-electron chi connectivity index (χ1n) is 24.5. The predicted molar refractivity (Wildman–Crippen MR) is 259 cm³/mol. The molecule has 0 atom stereocenters. The number of aromatic nitrogens is 3. The van der Waals surface area contributed by atoms with Gasteiger partial charge in [0.1, 0.15) is 11.6 Å². The molecule has 1 N–H and O–H groups in total. The molecule has 0 bridgehead atoms. The Morgan fingerprint density at radius 1 is 0.603 bits per heavy atom. The van der Waals surface area contributed by atoms with E-state index in [9.17, 15) is 5.11 Å². The van der Waals surface area contributed by atoms with Crippen LogP contribution < -0.4 is 0 Å². The van der Waals surface area contributed by atoms with Crippen molar-refractivity contribution in [2.24, 2.45) is 0 Å². The first kappa shape index (κ1) is 35.1. The van der Waals surface area contributed by atoms with Crippen molar-refractivity contribution in [3.63, 3.8) is 0 Å². The summed E-state index contributed by atoms with van der Waals surface area (Å²) in [6.45, 7) is 6.94. The van der Waals surface area contributed by atoms with Crippen LogP contribution in [-0.2, 0) is 21.1 Å². The molecule has 0 spiro atoms. The number of hydrogen-bond donors (Lipinski definition) is 1. The molecule has 2 aromatic heterocycles. The zero-order chi connectivity index (χ0) is 49.2. The Morgan fingerprint density at radius 2 is 1.32 bits per heavy atom. The summed E-state index contributed by atoms with van der Waals surface area (Å²) in [5.74, 6) is -0.275. The summed E-state index contributed by atoms with van der Waals surface area (Å²) in [7, 11) is 0. The van der Waals surface area contributed by atoms with Gasteiger partial charge in [-0.3, -0.25) is 9.55 Å². The second-order valence-electron chi connectivity index (χ2n) is 16.7. The molecule has 0 unspecified atom stereocenters. The molecule has 5 heteroatoms. The Bertz CT molecular complexity index is 3410. The number of imidazole rings is 1. The van der Waals surface area contributed by atoms with Crippen molar-refractivity contribution < 1.29 is 35.8 Å². The van der Waals surface area contributed by atoms with Crippen LogP contribution in [0.3, 0.4) is 0 Å². The molecule has 0 saturated carbocycles. The van der Waals surface area contributed by atoms with Crippen molar-refractivity contribution in [2.45, 2.75) is 67.1 Å². The number of nitrogens with zero attached hydrogens (tertiary/aromatic N) is 3. The number of hydrogen-bond acceptors (Lipinski definition) is 3. The maximum atomic E-state index is 11.8. The van der Waals surface area contributed by atoms with E-state index in [1.807, 2.05) is 135 Å². The Morgan fingerprint density at radius 3 is 2.06 bits per heavy atom. The fourth-order valence-corrected chi connectivity index (χ4v) is 8.29. The van der Waals surface area contributed by atoms with E-state index in [0.717, 1.165) is 61.2 Å². The molecule has 316 valence electrons. The average molecular weight is 1010 g/mol. The first-order chi connectivity index (χ1) is 32.6. The minimum absolute atomic E-state index is 0. The Labute approximate surface area is 396 Å². The van der Waals surface area contributed by atoms with E-state index in [0.29, 0.717) is 44.9 Å². The van der Waals surface area contributed by atoms with Crippen molar-refractivity contribution in [2.75, 3.05) is 0 Å². The normalized spacial score (nSPS) is 13.6. The van der Waals surface area contributed by atoms with Crippen LogP contribution in [0.1, 0.15) is 82.5 Å². The third-order valence-corrected chi connectivity index (χ3v) is 11.7. The van der Waals surface area contributed by atoms with E-state index < -0.39 is 19.6 Å². The van der Waals surface area contributed by atoms with E-state index in [1.54, 1.807) is 24.4 Å². The summed E-state index contributed by atoms with van der Waals surface area (Å²) in [5.41, 5.74) is 13.8. The number of aromatic hydroxyl groups is 1. The molecule has 0 fully saturated rings. The van der Waals surface area contributed by atoms with Crippen LogP contribution in [0.5, 0.6) is 5.75 Å². The van der Waals surface area contributed by atoms with Crippen molar-refractivity contribution >= 4 is 11.0 Å². The maximum absolute atomic E-state index is 11.8. The van der Waals surface area contributed by atoms with Crippen LogP contribution in [0.15, 0.2) is 152 Å². The van der Waals surface area contributed by atoms with E-state index in [2.05, 4.69) is 44.2 Å². The topological polar surface area (TPSA) is 50.9 Å². The van der Waals surface area contributed by atoms with Gasteiger partial charge in [0.25, 0.3) is 0 Å². The van der Waals surface area contributed by atoms with Gasteiger partial charge in [-0.2, -0.15) is 0 Å². The van der Waals surface area contributed by atoms with Gasteiger partial charge in [0.15, 0.2) is 0 Å². The zero-order valence-electron chi connectivity index (χ0n) is 43.1. The Hall–Kier alpha value is -6.35. The third-order valence-electron chi connectivity index (χ3n) is 11.7. The standard InChI is InChI=1S/C58H52N3O.Pt/c1-35(2)45-28-46(36(3)4)30-48(29-45)43-21-22-54(39(7)27-43)61-55-16-12-15-51(56(55)60-58(61)52-26-38(6)25-40(8)57(52)62)49-31-47(41-13-10-9-11-14-41)32-50(33-49)53-34-44(23-24-59-53)42-19-17-37(5)18-20-42;/h9-32,34-36,62H,1-8H3;/q-1;/i5D3,7D3,35D;. The summed E-state index contributed by atoms with van der Waals surface area (Å²) in [6.07, 6.45) is 1.74. The van der Waals surface area contributed by atoms with Gasteiger partial charge < -0.3 is 5.11 Å². The molecule has 0 saturated heterocycles. The number of aryl methyl sites for hydroxylation is 4. The molecule has 0 aliphatic heterocycles. The quantitative estimate of drug-likeness (QED) is 0.147. The molecule has 63 heavy (non-hydrogen) atoms. The second kappa shape index (κ2) is 17.8. The first-order valence-corrected chi connectivity index (χ1v) is 21.0. The molecule has 9 aromatic rings. The van der Waals surface area contributed by atoms with Crippen molar-refractivity contribution in [1.82, 2.24) is 14.5 Å². The molecule has 0 aliphatic rings. The van der Waals surface area contributed by atoms with Crippen LogP contribution in [0, 0.1) is 33.6 Å². The smallest absolute Gasteiger partial charge is 0.148 e. The van der Waals surface area contributed by atoms with Gasteiger partial charge in [0.05, 0.1) is 22.3 Å². The van der Waals surface area contributed by atoms with Gasteiger partial charge in [-0.1, -0.05) is 153 Å². The maximum Gasteiger partial charge on any atom is 0.148 e. The summed E-state index contributed by atoms with van der Waals surface area (Å²) >= 11 is 0. The summed E-state index contributed by atoms with van der Waals surface area (Å²) in [4.78, 5) is 10.2. The fraction of sp³-hybridized carbons (Fsp3) is 0.172. The molecular weight excluding hydrogens is 950 g/mol.